The SMILES string of the molecule is CN(C)S(=O)(=O)NCCc1cccc(-c2ccccc2)c1. The lowest BCUT2D eigenvalue weighted by Gasteiger charge is -2.12. The summed E-state index contributed by atoms with van der Waals surface area (Å²) in [5, 5.41) is 0. The molecule has 1 N–H and O–H groups in total. The zero-order chi connectivity index (χ0) is 15.3. The zero-order valence-electron chi connectivity index (χ0n) is 12.3. The Labute approximate surface area is 126 Å². The fourth-order valence-corrected chi connectivity index (χ4v) is 2.61. The largest absolute Gasteiger partial charge is 0.278 e. The average molecular weight is 304 g/mol. The molecule has 0 amide bonds. The van der Waals surface area contributed by atoms with Crippen molar-refractivity contribution in [3.8, 4) is 11.1 Å². The first-order valence-corrected chi connectivity index (χ1v) is 8.24. The first-order valence-electron chi connectivity index (χ1n) is 6.80. The number of nitrogens with one attached hydrogen (secondary N) is 1. The predicted molar refractivity (Wildman–Crippen MR) is 86.2 cm³/mol. The third kappa shape index (κ3) is 4.39. The molecule has 2 aromatic carbocycles. The van der Waals surface area contributed by atoms with E-state index in [1.807, 2.05) is 30.3 Å². The van der Waals surface area contributed by atoms with Crippen molar-refractivity contribution in [1.82, 2.24) is 9.03 Å². The molecule has 2 aromatic rings. The number of hydrogen-bond donors (Lipinski definition) is 1. The second kappa shape index (κ2) is 6.85. The highest BCUT2D eigenvalue weighted by Gasteiger charge is 2.11. The Morgan fingerprint density at radius 3 is 2.29 bits per heavy atom. The standard InChI is InChI=1S/C16H20N2O2S/c1-18(2)21(19,20)17-12-11-14-7-6-10-16(13-14)15-8-4-3-5-9-15/h3-10,13,17H,11-12H2,1-2H3. The fraction of sp³-hybridized carbons (Fsp3) is 0.250. The number of hydrogen-bond acceptors (Lipinski definition) is 2. The van der Waals surface area contributed by atoms with Crippen LogP contribution in [0.25, 0.3) is 11.1 Å². The minimum Gasteiger partial charge on any atom is -0.202 e. The van der Waals surface area contributed by atoms with Gasteiger partial charge in [-0.1, -0.05) is 54.6 Å². The van der Waals surface area contributed by atoms with E-state index in [4.69, 9.17) is 0 Å². The van der Waals surface area contributed by atoms with E-state index in [9.17, 15) is 8.42 Å². The van der Waals surface area contributed by atoms with E-state index < -0.39 is 10.2 Å². The lowest BCUT2D eigenvalue weighted by atomic mass is 10.0. The monoisotopic (exact) mass is 304 g/mol. The number of rotatable bonds is 6. The van der Waals surface area contributed by atoms with E-state index in [1.54, 1.807) is 0 Å². The number of nitrogens with zero attached hydrogens (tertiary/aromatic N) is 1. The van der Waals surface area contributed by atoms with Crippen LogP contribution in [0.5, 0.6) is 0 Å². The molecule has 0 heterocycles. The van der Waals surface area contributed by atoms with Gasteiger partial charge in [0.25, 0.3) is 10.2 Å². The Balaban J connectivity index is 2.03. The topological polar surface area (TPSA) is 49.4 Å². The van der Waals surface area contributed by atoms with Crippen molar-refractivity contribution in [1.29, 1.82) is 0 Å². The molecule has 5 heteroatoms. The van der Waals surface area contributed by atoms with Gasteiger partial charge in [-0.2, -0.15) is 12.7 Å². The molecule has 0 aliphatic heterocycles. The maximum Gasteiger partial charge on any atom is 0.278 e. The first kappa shape index (κ1) is 15.7. The molecule has 0 bridgehead atoms. The quantitative estimate of drug-likeness (QED) is 0.890. The highest BCUT2D eigenvalue weighted by molar-refractivity contribution is 7.87. The maximum atomic E-state index is 11.6. The highest BCUT2D eigenvalue weighted by Crippen LogP contribution is 2.20. The third-order valence-electron chi connectivity index (χ3n) is 3.21. The van der Waals surface area contributed by atoms with Gasteiger partial charge in [0, 0.05) is 20.6 Å². The van der Waals surface area contributed by atoms with Crippen molar-refractivity contribution in [2.45, 2.75) is 6.42 Å². The molecule has 0 saturated carbocycles. The van der Waals surface area contributed by atoms with Gasteiger partial charge in [0.05, 0.1) is 0 Å². The molecule has 0 saturated heterocycles. The summed E-state index contributed by atoms with van der Waals surface area (Å²) in [6.07, 6.45) is 0.660. The van der Waals surface area contributed by atoms with Crippen molar-refractivity contribution in [2.75, 3.05) is 20.6 Å². The van der Waals surface area contributed by atoms with Crippen LogP contribution >= 0.6 is 0 Å². The van der Waals surface area contributed by atoms with Gasteiger partial charge in [-0.3, -0.25) is 0 Å². The molecule has 0 spiro atoms. The molecule has 0 radical (unpaired) electrons. The van der Waals surface area contributed by atoms with Crippen LogP contribution in [0.4, 0.5) is 0 Å². The van der Waals surface area contributed by atoms with Gasteiger partial charge in [0.2, 0.25) is 0 Å². The molecule has 0 fully saturated rings. The summed E-state index contributed by atoms with van der Waals surface area (Å²) in [5.41, 5.74) is 3.41. The Bertz CT molecular complexity index is 682. The predicted octanol–water partition coefficient (Wildman–Crippen LogP) is 2.29. The summed E-state index contributed by atoms with van der Waals surface area (Å²) in [6.45, 7) is 0.388. The minimum atomic E-state index is -3.35. The van der Waals surface area contributed by atoms with Crippen LogP contribution in [0.3, 0.4) is 0 Å². The Kier molecular flexibility index (Phi) is 5.12. The van der Waals surface area contributed by atoms with Crippen LogP contribution in [-0.4, -0.2) is 33.4 Å². The van der Waals surface area contributed by atoms with E-state index >= 15 is 0 Å². The molecule has 0 unspecified atom stereocenters. The van der Waals surface area contributed by atoms with Crippen LogP contribution in [0.15, 0.2) is 54.6 Å². The van der Waals surface area contributed by atoms with Gasteiger partial charge in [-0.15, -0.1) is 0 Å². The van der Waals surface area contributed by atoms with E-state index in [0.717, 1.165) is 16.7 Å². The fourth-order valence-electron chi connectivity index (χ4n) is 1.99. The van der Waals surface area contributed by atoms with Gasteiger partial charge < -0.3 is 0 Å². The van der Waals surface area contributed by atoms with Crippen LogP contribution in [-0.2, 0) is 16.6 Å². The van der Waals surface area contributed by atoms with E-state index in [1.165, 1.54) is 18.4 Å². The van der Waals surface area contributed by atoms with Crippen molar-refractivity contribution >= 4 is 10.2 Å². The zero-order valence-corrected chi connectivity index (χ0v) is 13.1. The molecule has 112 valence electrons. The summed E-state index contributed by atoms with van der Waals surface area (Å²) >= 11 is 0. The minimum absolute atomic E-state index is 0.388. The second-order valence-electron chi connectivity index (χ2n) is 5.00. The van der Waals surface area contributed by atoms with Gasteiger partial charge in [0.15, 0.2) is 0 Å². The van der Waals surface area contributed by atoms with Crippen LogP contribution in [0, 0.1) is 0 Å². The summed E-state index contributed by atoms with van der Waals surface area (Å²) in [6, 6.07) is 18.3. The summed E-state index contributed by atoms with van der Waals surface area (Å²) in [7, 11) is -0.323. The molecule has 0 atom stereocenters. The van der Waals surface area contributed by atoms with E-state index in [0.29, 0.717) is 13.0 Å². The van der Waals surface area contributed by atoms with Crippen molar-refractivity contribution in [3.05, 3.63) is 60.2 Å². The smallest absolute Gasteiger partial charge is 0.202 e. The van der Waals surface area contributed by atoms with Crippen LogP contribution in [0.1, 0.15) is 5.56 Å². The molecular weight excluding hydrogens is 284 g/mol. The lowest BCUT2D eigenvalue weighted by molar-refractivity contribution is 0.506. The Morgan fingerprint density at radius 1 is 0.952 bits per heavy atom. The molecule has 0 aromatic heterocycles. The van der Waals surface area contributed by atoms with Crippen molar-refractivity contribution in [2.24, 2.45) is 0 Å². The normalized spacial score (nSPS) is 11.8. The summed E-state index contributed by atoms with van der Waals surface area (Å²) < 4.78 is 27.0. The Hall–Kier alpha value is -1.69. The van der Waals surface area contributed by atoms with E-state index in [2.05, 4.69) is 29.0 Å². The maximum absolute atomic E-state index is 11.6. The highest BCUT2D eigenvalue weighted by atomic mass is 32.2. The van der Waals surface area contributed by atoms with E-state index in [-0.39, 0.29) is 0 Å². The van der Waals surface area contributed by atoms with Crippen LogP contribution < -0.4 is 4.72 Å². The summed E-state index contributed by atoms with van der Waals surface area (Å²) in [5.74, 6) is 0. The van der Waals surface area contributed by atoms with Crippen LogP contribution in [0.2, 0.25) is 0 Å². The lowest BCUT2D eigenvalue weighted by Crippen LogP contribution is -2.36. The third-order valence-corrected chi connectivity index (χ3v) is 4.74. The summed E-state index contributed by atoms with van der Waals surface area (Å²) in [4.78, 5) is 0. The van der Waals surface area contributed by atoms with Gasteiger partial charge >= 0.3 is 0 Å². The second-order valence-corrected chi connectivity index (χ2v) is 6.97. The molecule has 21 heavy (non-hydrogen) atoms. The molecule has 2 rings (SSSR count). The van der Waals surface area contributed by atoms with Crippen molar-refractivity contribution < 1.29 is 8.42 Å². The molecule has 4 nitrogen and oxygen atoms in total. The molecule has 0 aliphatic rings. The van der Waals surface area contributed by atoms with Gasteiger partial charge in [-0.05, 0) is 23.1 Å². The van der Waals surface area contributed by atoms with Gasteiger partial charge in [-0.25, -0.2) is 4.72 Å². The Morgan fingerprint density at radius 2 is 1.62 bits per heavy atom. The molecular formula is C16H20N2O2S. The van der Waals surface area contributed by atoms with Crippen molar-refractivity contribution in [3.63, 3.8) is 0 Å². The number of benzene rings is 2. The van der Waals surface area contributed by atoms with Gasteiger partial charge in [0.1, 0.15) is 0 Å². The molecule has 0 aliphatic carbocycles. The first-order chi connectivity index (χ1) is 9.99. The average Bonchev–Trinajstić information content (AvgIpc) is 2.48.